The normalized spacial score (nSPS) is 27.8. The maximum Gasteiger partial charge on any atom is 0.273 e. The molecule has 2 aliphatic heterocycles. The van der Waals surface area contributed by atoms with E-state index in [1.807, 2.05) is 6.07 Å². The molecule has 3 unspecified atom stereocenters. The first-order chi connectivity index (χ1) is 9.65. The lowest BCUT2D eigenvalue weighted by Crippen LogP contribution is -2.36. The summed E-state index contributed by atoms with van der Waals surface area (Å²) in [4.78, 5) is 10.5. The SMILES string of the molecule is COc1cc(CNC2CC3CCC2O3)cc([N+](=O)[O-])c1. The Morgan fingerprint density at radius 1 is 1.45 bits per heavy atom. The van der Waals surface area contributed by atoms with Gasteiger partial charge in [0, 0.05) is 18.7 Å². The summed E-state index contributed by atoms with van der Waals surface area (Å²) in [6.45, 7) is 0.593. The van der Waals surface area contributed by atoms with E-state index in [4.69, 9.17) is 9.47 Å². The fourth-order valence-corrected chi connectivity index (χ4v) is 3.07. The Morgan fingerprint density at radius 2 is 2.30 bits per heavy atom. The highest BCUT2D eigenvalue weighted by Crippen LogP contribution is 2.34. The van der Waals surface area contributed by atoms with E-state index in [2.05, 4.69) is 5.32 Å². The van der Waals surface area contributed by atoms with Gasteiger partial charge < -0.3 is 14.8 Å². The zero-order valence-corrected chi connectivity index (χ0v) is 11.4. The molecular weight excluding hydrogens is 260 g/mol. The number of nitro benzene ring substituents is 1. The van der Waals surface area contributed by atoms with Gasteiger partial charge >= 0.3 is 0 Å². The minimum Gasteiger partial charge on any atom is -0.496 e. The average Bonchev–Trinajstić information content (AvgIpc) is 3.07. The summed E-state index contributed by atoms with van der Waals surface area (Å²) in [7, 11) is 1.51. The van der Waals surface area contributed by atoms with Crippen LogP contribution in [0, 0.1) is 10.1 Å². The lowest BCUT2D eigenvalue weighted by atomic mass is 9.95. The molecule has 1 aromatic rings. The number of ether oxygens (including phenoxy) is 2. The lowest BCUT2D eigenvalue weighted by Gasteiger charge is -2.20. The quantitative estimate of drug-likeness (QED) is 0.659. The Bertz CT molecular complexity index is 520. The summed E-state index contributed by atoms with van der Waals surface area (Å²) in [5, 5.41) is 14.3. The van der Waals surface area contributed by atoms with Crippen LogP contribution in [0.3, 0.4) is 0 Å². The van der Waals surface area contributed by atoms with E-state index in [-0.39, 0.29) is 5.69 Å². The van der Waals surface area contributed by atoms with Gasteiger partial charge in [0.15, 0.2) is 0 Å². The number of methoxy groups -OCH3 is 1. The zero-order valence-electron chi connectivity index (χ0n) is 11.4. The molecule has 2 saturated heterocycles. The number of nitro groups is 1. The van der Waals surface area contributed by atoms with Crippen LogP contribution in [0.5, 0.6) is 5.75 Å². The van der Waals surface area contributed by atoms with Crippen molar-refractivity contribution in [3.05, 3.63) is 33.9 Å². The van der Waals surface area contributed by atoms with Gasteiger partial charge in [-0.3, -0.25) is 10.1 Å². The maximum atomic E-state index is 10.9. The molecule has 6 heteroatoms. The van der Waals surface area contributed by atoms with Crippen molar-refractivity contribution in [2.75, 3.05) is 7.11 Å². The van der Waals surface area contributed by atoms with Crippen molar-refractivity contribution in [2.24, 2.45) is 0 Å². The van der Waals surface area contributed by atoms with E-state index in [1.54, 1.807) is 6.07 Å². The van der Waals surface area contributed by atoms with Crippen LogP contribution in [0.1, 0.15) is 24.8 Å². The number of hydrogen-bond donors (Lipinski definition) is 1. The predicted molar refractivity (Wildman–Crippen MR) is 72.8 cm³/mol. The fraction of sp³-hybridized carbons (Fsp3) is 0.571. The van der Waals surface area contributed by atoms with E-state index in [9.17, 15) is 10.1 Å². The van der Waals surface area contributed by atoms with Crippen LogP contribution >= 0.6 is 0 Å². The first-order valence-electron chi connectivity index (χ1n) is 6.87. The third-order valence-corrected chi connectivity index (χ3v) is 4.07. The second-order valence-electron chi connectivity index (χ2n) is 5.39. The minimum absolute atomic E-state index is 0.0605. The molecule has 1 N–H and O–H groups in total. The van der Waals surface area contributed by atoms with Crippen LogP contribution in [-0.4, -0.2) is 30.3 Å². The molecular formula is C14H18N2O4. The Balaban J connectivity index is 1.67. The molecule has 2 fully saturated rings. The van der Waals surface area contributed by atoms with Crippen LogP contribution in [0.2, 0.25) is 0 Å². The number of non-ortho nitro benzene ring substituents is 1. The summed E-state index contributed by atoms with van der Waals surface area (Å²) >= 11 is 0. The molecule has 2 bridgehead atoms. The average molecular weight is 278 g/mol. The Hall–Kier alpha value is -1.66. The Kier molecular flexibility index (Phi) is 3.58. The topological polar surface area (TPSA) is 73.6 Å². The number of rotatable bonds is 5. The monoisotopic (exact) mass is 278 g/mol. The largest absolute Gasteiger partial charge is 0.496 e. The molecule has 0 radical (unpaired) electrons. The zero-order chi connectivity index (χ0) is 14.1. The van der Waals surface area contributed by atoms with Gasteiger partial charge in [0.25, 0.3) is 5.69 Å². The molecule has 2 aliphatic rings. The third-order valence-electron chi connectivity index (χ3n) is 4.07. The van der Waals surface area contributed by atoms with E-state index in [0.29, 0.717) is 30.5 Å². The standard InChI is InChI=1S/C14H18N2O4/c1-19-12-5-9(4-10(6-12)16(17)18)8-15-13-7-11-2-3-14(13)20-11/h4-6,11,13-15H,2-3,7-8H2,1H3. The molecule has 0 amide bonds. The molecule has 1 aromatic carbocycles. The molecule has 0 aromatic heterocycles. The van der Waals surface area contributed by atoms with Crippen molar-refractivity contribution in [1.82, 2.24) is 5.32 Å². The minimum atomic E-state index is -0.396. The summed E-state index contributed by atoms with van der Waals surface area (Å²) in [5.74, 6) is 0.514. The fourth-order valence-electron chi connectivity index (χ4n) is 3.07. The molecule has 108 valence electrons. The van der Waals surface area contributed by atoms with Crippen molar-refractivity contribution < 1.29 is 14.4 Å². The maximum absolute atomic E-state index is 10.9. The first kappa shape index (κ1) is 13.3. The molecule has 0 saturated carbocycles. The van der Waals surface area contributed by atoms with Gasteiger partial charge in [-0.25, -0.2) is 0 Å². The van der Waals surface area contributed by atoms with Gasteiger partial charge in [-0.2, -0.15) is 0 Å². The lowest BCUT2D eigenvalue weighted by molar-refractivity contribution is -0.385. The van der Waals surface area contributed by atoms with Crippen molar-refractivity contribution in [2.45, 2.75) is 44.1 Å². The summed E-state index contributed by atoms with van der Waals surface area (Å²) in [6.07, 6.45) is 4.02. The van der Waals surface area contributed by atoms with E-state index in [1.165, 1.54) is 13.2 Å². The summed E-state index contributed by atoms with van der Waals surface area (Å²) < 4.78 is 10.9. The highest BCUT2D eigenvalue weighted by Gasteiger charge is 2.40. The van der Waals surface area contributed by atoms with E-state index < -0.39 is 4.92 Å². The van der Waals surface area contributed by atoms with Gasteiger partial charge in [0.05, 0.1) is 30.3 Å². The number of hydrogen-bond acceptors (Lipinski definition) is 5. The van der Waals surface area contributed by atoms with Crippen molar-refractivity contribution in [3.63, 3.8) is 0 Å². The Labute approximate surface area is 117 Å². The number of nitrogens with one attached hydrogen (secondary N) is 1. The van der Waals surface area contributed by atoms with Gasteiger partial charge in [0.2, 0.25) is 0 Å². The molecule has 2 heterocycles. The molecule has 20 heavy (non-hydrogen) atoms. The second-order valence-corrected chi connectivity index (χ2v) is 5.39. The number of fused-ring (bicyclic) bond motifs is 2. The van der Waals surface area contributed by atoms with Crippen LogP contribution in [0.15, 0.2) is 18.2 Å². The molecule has 6 nitrogen and oxygen atoms in total. The second kappa shape index (κ2) is 5.38. The summed E-state index contributed by atoms with van der Waals surface area (Å²) in [6, 6.07) is 5.21. The molecule has 0 aliphatic carbocycles. The van der Waals surface area contributed by atoms with Gasteiger partial charge in [-0.1, -0.05) is 0 Å². The molecule has 0 spiro atoms. The van der Waals surface area contributed by atoms with Gasteiger partial charge in [-0.05, 0) is 30.9 Å². The molecule has 3 atom stereocenters. The highest BCUT2D eigenvalue weighted by molar-refractivity contribution is 5.42. The smallest absolute Gasteiger partial charge is 0.273 e. The van der Waals surface area contributed by atoms with E-state index >= 15 is 0 Å². The van der Waals surface area contributed by atoms with Crippen molar-refractivity contribution >= 4 is 5.69 Å². The van der Waals surface area contributed by atoms with Crippen LogP contribution in [0.4, 0.5) is 5.69 Å². The third kappa shape index (κ3) is 2.62. The van der Waals surface area contributed by atoms with Crippen molar-refractivity contribution in [3.8, 4) is 5.75 Å². The van der Waals surface area contributed by atoms with Gasteiger partial charge in [-0.15, -0.1) is 0 Å². The Morgan fingerprint density at radius 3 is 2.90 bits per heavy atom. The first-order valence-corrected chi connectivity index (χ1v) is 6.87. The highest BCUT2D eigenvalue weighted by atomic mass is 16.6. The van der Waals surface area contributed by atoms with E-state index in [0.717, 1.165) is 24.8 Å². The summed E-state index contributed by atoms with van der Waals surface area (Å²) in [5.41, 5.74) is 0.921. The van der Waals surface area contributed by atoms with Gasteiger partial charge in [0.1, 0.15) is 5.75 Å². The number of benzene rings is 1. The van der Waals surface area contributed by atoms with Crippen LogP contribution in [-0.2, 0) is 11.3 Å². The predicted octanol–water partition coefficient (Wildman–Crippen LogP) is 2.01. The van der Waals surface area contributed by atoms with Crippen molar-refractivity contribution in [1.29, 1.82) is 0 Å². The molecule has 3 rings (SSSR count). The number of nitrogens with zero attached hydrogens (tertiary/aromatic N) is 1. The van der Waals surface area contributed by atoms with Crippen LogP contribution in [0.25, 0.3) is 0 Å². The van der Waals surface area contributed by atoms with Crippen LogP contribution < -0.4 is 10.1 Å².